The zero-order chi connectivity index (χ0) is 16.7. The highest BCUT2D eigenvalue weighted by atomic mass is 35.5. The summed E-state index contributed by atoms with van der Waals surface area (Å²) in [7, 11) is 0. The van der Waals surface area contributed by atoms with Gasteiger partial charge in [-0.3, -0.25) is 9.59 Å². The normalized spacial score (nSPS) is 10.2. The van der Waals surface area contributed by atoms with E-state index < -0.39 is 0 Å². The Morgan fingerprint density at radius 3 is 2.39 bits per heavy atom. The molecule has 23 heavy (non-hydrogen) atoms. The number of carbonyl (C=O) groups excluding carboxylic acids is 2. The van der Waals surface area contributed by atoms with Crippen LogP contribution in [0.5, 0.6) is 0 Å². The fourth-order valence-corrected chi connectivity index (χ4v) is 2.37. The Balaban J connectivity index is 1.85. The van der Waals surface area contributed by atoms with E-state index in [1.165, 1.54) is 5.56 Å². The van der Waals surface area contributed by atoms with Gasteiger partial charge in [-0.1, -0.05) is 49.2 Å². The van der Waals surface area contributed by atoms with Crippen molar-refractivity contribution >= 4 is 29.1 Å². The summed E-state index contributed by atoms with van der Waals surface area (Å²) in [5.41, 5.74) is 2.30. The molecule has 0 spiro atoms. The van der Waals surface area contributed by atoms with Crippen molar-refractivity contribution in [3.63, 3.8) is 0 Å². The molecule has 2 aromatic rings. The van der Waals surface area contributed by atoms with Crippen LogP contribution >= 0.6 is 11.6 Å². The molecule has 2 rings (SSSR count). The number of amides is 2. The molecule has 0 unspecified atom stereocenters. The Bertz CT molecular complexity index is 684. The van der Waals surface area contributed by atoms with E-state index in [1.54, 1.807) is 24.3 Å². The third-order valence-electron chi connectivity index (χ3n) is 3.30. The van der Waals surface area contributed by atoms with Crippen LogP contribution in [0.2, 0.25) is 5.02 Å². The van der Waals surface area contributed by atoms with Crippen molar-refractivity contribution < 1.29 is 9.59 Å². The van der Waals surface area contributed by atoms with Crippen LogP contribution in [-0.4, -0.2) is 18.4 Å². The summed E-state index contributed by atoms with van der Waals surface area (Å²) in [4.78, 5) is 23.8. The lowest BCUT2D eigenvalue weighted by Crippen LogP contribution is -2.33. The Kier molecular flexibility index (Phi) is 6.18. The van der Waals surface area contributed by atoms with Gasteiger partial charge in [-0.25, -0.2) is 0 Å². The zero-order valence-electron chi connectivity index (χ0n) is 12.9. The predicted octanol–water partition coefficient (Wildman–Crippen LogP) is 3.66. The summed E-state index contributed by atoms with van der Waals surface area (Å²) in [6, 6.07) is 14.4. The lowest BCUT2D eigenvalue weighted by Gasteiger charge is -2.08. The van der Waals surface area contributed by atoms with Crippen LogP contribution in [0, 0.1) is 0 Å². The first kappa shape index (κ1) is 17.0. The number of benzene rings is 2. The van der Waals surface area contributed by atoms with Crippen LogP contribution in [0.3, 0.4) is 0 Å². The number of halogens is 1. The SMILES string of the molecule is CCCc1ccc(NC(=O)CNC(=O)c2ccccc2Cl)cc1. The second-order valence-corrected chi connectivity index (χ2v) is 5.56. The van der Waals surface area contributed by atoms with Crippen molar-refractivity contribution in [3.8, 4) is 0 Å². The molecule has 0 heterocycles. The average Bonchev–Trinajstić information content (AvgIpc) is 2.55. The Hall–Kier alpha value is -2.33. The minimum Gasteiger partial charge on any atom is -0.343 e. The van der Waals surface area contributed by atoms with Gasteiger partial charge >= 0.3 is 0 Å². The topological polar surface area (TPSA) is 58.2 Å². The molecule has 2 N–H and O–H groups in total. The van der Waals surface area contributed by atoms with Gasteiger partial charge in [-0.2, -0.15) is 0 Å². The highest BCUT2D eigenvalue weighted by Gasteiger charge is 2.11. The molecule has 0 saturated carbocycles. The lowest BCUT2D eigenvalue weighted by atomic mass is 10.1. The van der Waals surface area contributed by atoms with Gasteiger partial charge in [0, 0.05) is 5.69 Å². The van der Waals surface area contributed by atoms with Crippen molar-refractivity contribution in [2.75, 3.05) is 11.9 Å². The largest absolute Gasteiger partial charge is 0.343 e. The summed E-state index contributed by atoms with van der Waals surface area (Å²) in [5, 5.41) is 5.66. The molecule has 4 nitrogen and oxygen atoms in total. The Morgan fingerprint density at radius 2 is 1.74 bits per heavy atom. The Labute approximate surface area is 140 Å². The summed E-state index contributed by atoms with van der Waals surface area (Å²) < 4.78 is 0. The molecule has 2 aromatic carbocycles. The number of rotatable bonds is 6. The molecule has 0 aliphatic rings. The second-order valence-electron chi connectivity index (χ2n) is 5.16. The molecule has 0 saturated heterocycles. The number of aryl methyl sites for hydroxylation is 1. The fourth-order valence-electron chi connectivity index (χ4n) is 2.15. The third-order valence-corrected chi connectivity index (χ3v) is 3.63. The maximum Gasteiger partial charge on any atom is 0.253 e. The highest BCUT2D eigenvalue weighted by molar-refractivity contribution is 6.33. The monoisotopic (exact) mass is 330 g/mol. The lowest BCUT2D eigenvalue weighted by molar-refractivity contribution is -0.115. The van der Waals surface area contributed by atoms with E-state index in [0.29, 0.717) is 16.3 Å². The van der Waals surface area contributed by atoms with E-state index >= 15 is 0 Å². The first-order valence-electron chi connectivity index (χ1n) is 7.51. The number of hydrogen-bond donors (Lipinski definition) is 2. The van der Waals surface area contributed by atoms with E-state index in [-0.39, 0.29) is 18.4 Å². The second kappa shape index (κ2) is 8.34. The standard InChI is InChI=1S/C18H19ClN2O2/c1-2-5-13-8-10-14(11-9-13)21-17(22)12-20-18(23)15-6-3-4-7-16(15)19/h3-4,6-11H,2,5,12H2,1H3,(H,20,23)(H,21,22). The van der Waals surface area contributed by atoms with E-state index in [4.69, 9.17) is 11.6 Å². The van der Waals surface area contributed by atoms with Gasteiger partial charge < -0.3 is 10.6 Å². The number of carbonyl (C=O) groups is 2. The zero-order valence-corrected chi connectivity index (χ0v) is 13.7. The molecule has 5 heteroatoms. The number of nitrogens with one attached hydrogen (secondary N) is 2. The van der Waals surface area contributed by atoms with E-state index in [0.717, 1.165) is 12.8 Å². The number of anilines is 1. The van der Waals surface area contributed by atoms with Crippen LogP contribution in [0.1, 0.15) is 29.3 Å². The van der Waals surface area contributed by atoms with Gasteiger partial charge in [-0.15, -0.1) is 0 Å². The Morgan fingerprint density at radius 1 is 1.04 bits per heavy atom. The molecule has 0 bridgehead atoms. The highest BCUT2D eigenvalue weighted by Crippen LogP contribution is 2.14. The van der Waals surface area contributed by atoms with E-state index in [9.17, 15) is 9.59 Å². The van der Waals surface area contributed by atoms with Crippen LogP contribution in [0.15, 0.2) is 48.5 Å². The van der Waals surface area contributed by atoms with Crippen LogP contribution in [0.4, 0.5) is 5.69 Å². The van der Waals surface area contributed by atoms with Crippen molar-refractivity contribution in [1.82, 2.24) is 5.32 Å². The molecule has 0 atom stereocenters. The van der Waals surface area contributed by atoms with Gasteiger partial charge in [0.25, 0.3) is 5.91 Å². The maximum absolute atomic E-state index is 12.0. The van der Waals surface area contributed by atoms with E-state index in [1.807, 2.05) is 24.3 Å². The third kappa shape index (κ3) is 5.11. The molecule has 0 fully saturated rings. The van der Waals surface area contributed by atoms with Crippen molar-refractivity contribution in [3.05, 3.63) is 64.7 Å². The van der Waals surface area contributed by atoms with E-state index in [2.05, 4.69) is 17.6 Å². The molecule has 0 radical (unpaired) electrons. The smallest absolute Gasteiger partial charge is 0.253 e. The predicted molar refractivity (Wildman–Crippen MR) is 92.9 cm³/mol. The van der Waals surface area contributed by atoms with Gasteiger partial charge in [-0.05, 0) is 36.2 Å². The molecule has 120 valence electrons. The van der Waals surface area contributed by atoms with Gasteiger partial charge in [0.05, 0.1) is 17.1 Å². The van der Waals surface area contributed by atoms with Crippen LogP contribution in [-0.2, 0) is 11.2 Å². The minimum atomic E-state index is -0.371. The first-order chi connectivity index (χ1) is 11.1. The van der Waals surface area contributed by atoms with Crippen molar-refractivity contribution in [2.24, 2.45) is 0 Å². The van der Waals surface area contributed by atoms with Gasteiger partial charge in [0.1, 0.15) is 0 Å². The molecule has 2 amide bonds. The summed E-state index contributed by atoms with van der Waals surface area (Å²) >= 11 is 5.94. The molecule has 0 aliphatic heterocycles. The average molecular weight is 331 g/mol. The quantitative estimate of drug-likeness (QED) is 0.849. The molecule has 0 aliphatic carbocycles. The number of hydrogen-bond acceptors (Lipinski definition) is 2. The first-order valence-corrected chi connectivity index (χ1v) is 7.89. The van der Waals surface area contributed by atoms with Gasteiger partial charge in [0.2, 0.25) is 5.91 Å². The fraction of sp³-hybridized carbons (Fsp3) is 0.222. The van der Waals surface area contributed by atoms with Crippen molar-refractivity contribution in [2.45, 2.75) is 19.8 Å². The molecular formula is C18H19ClN2O2. The molecular weight excluding hydrogens is 312 g/mol. The summed E-state index contributed by atoms with van der Waals surface area (Å²) in [6.45, 7) is 2.01. The van der Waals surface area contributed by atoms with Crippen molar-refractivity contribution in [1.29, 1.82) is 0 Å². The van der Waals surface area contributed by atoms with Gasteiger partial charge in [0.15, 0.2) is 0 Å². The van der Waals surface area contributed by atoms with Crippen LogP contribution in [0.25, 0.3) is 0 Å². The molecule has 0 aromatic heterocycles. The van der Waals surface area contributed by atoms with Crippen LogP contribution < -0.4 is 10.6 Å². The summed E-state index contributed by atoms with van der Waals surface area (Å²) in [6.07, 6.45) is 2.10. The minimum absolute atomic E-state index is 0.110. The maximum atomic E-state index is 12.0. The summed E-state index contributed by atoms with van der Waals surface area (Å²) in [5.74, 6) is -0.655.